The van der Waals surface area contributed by atoms with Gasteiger partial charge in [0.1, 0.15) is 5.75 Å². The summed E-state index contributed by atoms with van der Waals surface area (Å²) in [6.45, 7) is 3.54. The Kier molecular flexibility index (Phi) is 3.84. The Labute approximate surface area is 109 Å². The van der Waals surface area contributed by atoms with Gasteiger partial charge in [0.2, 0.25) is 5.89 Å². The van der Waals surface area contributed by atoms with Crippen LogP contribution < -0.4 is 4.74 Å². The van der Waals surface area contributed by atoms with Gasteiger partial charge in [0.05, 0.1) is 11.1 Å². The summed E-state index contributed by atoms with van der Waals surface area (Å²) >= 11 is 6.04. The SMILES string of the molecule is Cc1nnc(COc2ccc([C@H](C)O)cc2Cl)o1. The van der Waals surface area contributed by atoms with Crippen molar-refractivity contribution in [1.82, 2.24) is 10.2 Å². The van der Waals surface area contributed by atoms with Crippen LogP contribution in [0.3, 0.4) is 0 Å². The fraction of sp³-hybridized carbons (Fsp3) is 0.333. The highest BCUT2D eigenvalue weighted by molar-refractivity contribution is 6.32. The standard InChI is InChI=1S/C12H13ClN2O3/c1-7(16)9-3-4-11(10(13)5-9)17-6-12-15-14-8(2)18-12/h3-5,7,16H,6H2,1-2H3/t7-/m0/s1. The summed E-state index contributed by atoms with van der Waals surface area (Å²) in [5.41, 5.74) is 0.737. The summed E-state index contributed by atoms with van der Waals surface area (Å²) < 4.78 is 10.6. The van der Waals surface area contributed by atoms with Crippen LogP contribution in [0.15, 0.2) is 22.6 Å². The molecule has 2 rings (SSSR count). The monoisotopic (exact) mass is 268 g/mol. The predicted octanol–water partition coefficient (Wildman–Crippen LogP) is 2.66. The number of halogens is 1. The van der Waals surface area contributed by atoms with Crippen molar-refractivity contribution in [3.63, 3.8) is 0 Å². The second kappa shape index (κ2) is 5.37. The summed E-state index contributed by atoms with van der Waals surface area (Å²) in [6, 6.07) is 5.12. The Morgan fingerprint density at radius 3 is 2.78 bits per heavy atom. The number of rotatable bonds is 4. The molecule has 5 nitrogen and oxygen atoms in total. The minimum atomic E-state index is -0.560. The second-order valence-corrected chi connectivity index (χ2v) is 4.28. The van der Waals surface area contributed by atoms with Crippen LogP contribution in [0.4, 0.5) is 0 Å². The van der Waals surface area contributed by atoms with E-state index in [-0.39, 0.29) is 6.61 Å². The number of benzene rings is 1. The number of hydrogen-bond donors (Lipinski definition) is 1. The van der Waals surface area contributed by atoms with Crippen molar-refractivity contribution in [3.05, 3.63) is 40.6 Å². The molecule has 0 amide bonds. The molecule has 1 heterocycles. The maximum Gasteiger partial charge on any atom is 0.253 e. The van der Waals surface area contributed by atoms with Crippen molar-refractivity contribution in [1.29, 1.82) is 0 Å². The Morgan fingerprint density at radius 1 is 1.44 bits per heavy atom. The van der Waals surface area contributed by atoms with Gasteiger partial charge in [-0.2, -0.15) is 0 Å². The first-order valence-corrected chi connectivity index (χ1v) is 5.83. The van der Waals surface area contributed by atoms with E-state index in [4.69, 9.17) is 20.8 Å². The van der Waals surface area contributed by atoms with E-state index in [0.717, 1.165) is 5.56 Å². The number of ether oxygens (including phenoxy) is 1. The number of aryl methyl sites for hydroxylation is 1. The molecule has 96 valence electrons. The van der Waals surface area contributed by atoms with Gasteiger partial charge in [-0.25, -0.2) is 0 Å². The molecule has 0 unspecified atom stereocenters. The highest BCUT2D eigenvalue weighted by Gasteiger charge is 2.08. The minimum Gasteiger partial charge on any atom is -0.482 e. The lowest BCUT2D eigenvalue weighted by Crippen LogP contribution is -1.97. The summed E-state index contributed by atoms with van der Waals surface area (Å²) in [6.07, 6.45) is -0.560. The number of nitrogens with zero attached hydrogens (tertiary/aromatic N) is 2. The van der Waals surface area contributed by atoms with Crippen LogP contribution in [0.5, 0.6) is 5.75 Å². The number of aliphatic hydroxyl groups is 1. The van der Waals surface area contributed by atoms with Gasteiger partial charge >= 0.3 is 0 Å². The number of aliphatic hydroxyl groups excluding tert-OH is 1. The van der Waals surface area contributed by atoms with Gasteiger partial charge in [-0.3, -0.25) is 0 Å². The summed E-state index contributed by atoms with van der Waals surface area (Å²) in [4.78, 5) is 0. The van der Waals surface area contributed by atoms with Gasteiger partial charge in [-0.1, -0.05) is 17.7 Å². The van der Waals surface area contributed by atoms with Crippen LogP contribution in [0.25, 0.3) is 0 Å². The molecular weight excluding hydrogens is 256 g/mol. The maximum absolute atomic E-state index is 9.42. The lowest BCUT2D eigenvalue weighted by molar-refractivity contribution is 0.199. The van der Waals surface area contributed by atoms with Gasteiger partial charge in [0, 0.05) is 6.92 Å². The van der Waals surface area contributed by atoms with Crippen LogP contribution in [0.2, 0.25) is 5.02 Å². The van der Waals surface area contributed by atoms with E-state index in [0.29, 0.717) is 22.6 Å². The van der Waals surface area contributed by atoms with Gasteiger partial charge in [0.25, 0.3) is 5.89 Å². The van der Waals surface area contributed by atoms with Crippen LogP contribution in [-0.2, 0) is 6.61 Å². The van der Waals surface area contributed by atoms with Crippen molar-refractivity contribution in [2.75, 3.05) is 0 Å². The molecule has 0 fully saturated rings. The molecule has 0 saturated carbocycles. The fourth-order valence-corrected chi connectivity index (χ4v) is 1.67. The average molecular weight is 269 g/mol. The molecule has 1 N–H and O–H groups in total. The third-order valence-corrected chi connectivity index (χ3v) is 2.65. The van der Waals surface area contributed by atoms with E-state index in [1.807, 2.05) is 0 Å². The smallest absolute Gasteiger partial charge is 0.253 e. The Bertz CT molecular complexity index is 540. The Hall–Kier alpha value is -1.59. The van der Waals surface area contributed by atoms with E-state index in [9.17, 15) is 5.11 Å². The third-order valence-electron chi connectivity index (χ3n) is 2.36. The molecule has 0 saturated heterocycles. The first kappa shape index (κ1) is 12.9. The molecule has 0 bridgehead atoms. The van der Waals surface area contributed by atoms with Crippen molar-refractivity contribution in [2.24, 2.45) is 0 Å². The molecule has 0 radical (unpaired) electrons. The van der Waals surface area contributed by atoms with E-state index < -0.39 is 6.10 Å². The van der Waals surface area contributed by atoms with E-state index in [2.05, 4.69) is 10.2 Å². The molecule has 18 heavy (non-hydrogen) atoms. The van der Waals surface area contributed by atoms with E-state index in [1.165, 1.54) is 0 Å². The first-order valence-electron chi connectivity index (χ1n) is 5.45. The van der Waals surface area contributed by atoms with Crippen molar-refractivity contribution in [3.8, 4) is 5.75 Å². The zero-order valence-corrected chi connectivity index (χ0v) is 10.8. The largest absolute Gasteiger partial charge is 0.482 e. The van der Waals surface area contributed by atoms with Crippen molar-refractivity contribution in [2.45, 2.75) is 26.6 Å². The molecule has 0 aliphatic carbocycles. The van der Waals surface area contributed by atoms with Crippen LogP contribution in [0.1, 0.15) is 30.4 Å². The number of hydrogen-bond acceptors (Lipinski definition) is 5. The molecule has 2 aromatic rings. The molecule has 0 aliphatic heterocycles. The molecule has 0 spiro atoms. The zero-order valence-electron chi connectivity index (χ0n) is 10.1. The second-order valence-electron chi connectivity index (χ2n) is 3.87. The maximum atomic E-state index is 9.42. The fourth-order valence-electron chi connectivity index (χ4n) is 1.43. The summed E-state index contributed by atoms with van der Waals surface area (Å²) in [5.74, 6) is 1.39. The van der Waals surface area contributed by atoms with E-state index in [1.54, 1.807) is 32.0 Å². The summed E-state index contributed by atoms with van der Waals surface area (Å²) in [5, 5.41) is 17.4. The van der Waals surface area contributed by atoms with Gasteiger partial charge in [-0.15, -0.1) is 10.2 Å². The molecule has 1 aromatic heterocycles. The van der Waals surface area contributed by atoms with Gasteiger partial charge < -0.3 is 14.3 Å². The highest BCUT2D eigenvalue weighted by Crippen LogP contribution is 2.28. The lowest BCUT2D eigenvalue weighted by Gasteiger charge is -2.09. The topological polar surface area (TPSA) is 68.4 Å². The average Bonchev–Trinajstić information content (AvgIpc) is 2.73. The summed E-state index contributed by atoms with van der Waals surface area (Å²) in [7, 11) is 0. The van der Waals surface area contributed by atoms with E-state index >= 15 is 0 Å². The molecule has 0 aliphatic rings. The molecular formula is C12H13ClN2O3. The molecule has 1 aromatic carbocycles. The van der Waals surface area contributed by atoms with Crippen LogP contribution in [0, 0.1) is 6.92 Å². The lowest BCUT2D eigenvalue weighted by atomic mass is 10.1. The highest BCUT2D eigenvalue weighted by atomic mass is 35.5. The Morgan fingerprint density at radius 2 is 2.22 bits per heavy atom. The zero-order chi connectivity index (χ0) is 13.1. The molecule has 1 atom stereocenters. The minimum absolute atomic E-state index is 0.161. The predicted molar refractivity (Wildman–Crippen MR) is 65.5 cm³/mol. The van der Waals surface area contributed by atoms with Crippen molar-refractivity contribution >= 4 is 11.6 Å². The third kappa shape index (κ3) is 3.00. The van der Waals surface area contributed by atoms with Gasteiger partial charge in [0.15, 0.2) is 6.61 Å². The quantitative estimate of drug-likeness (QED) is 0.923. The van der Waals surface area contributed by atoms with Crippen LogP contribution in [-0.4, -0.2) is 15.3 Å². The molecule has 6 heteroatoms. The normalized spacial score (nSPS) is 12.4. The first-order chi connectivity index (χ1) is 8.56. The van der Waals surface area contributed by atoms with Crippen molar-refractivity contribution < 1.29 is 14.3 Å². The van der Waals surface area contributed by atoms with Crippen LogP contribution >= 0.6 is 11.6 Å². The van der Waals surface area contributed by atoms with Gasteiger partial charge in [-0.05, 0) is 24.6 Å². The number of aromatic nitrogens is 2. The Balaban J connectivity index is 2.05.